The maximum atomic E-state index is 10.1. The summed E-state index contributed by atoms with van der Waals surface area (Å²) >= 11 is 0. The molecule has 0 saturated carbocycles. The van der Waals surface area contributed by atoms with E-state index in [0.717, 1.165) is 12.8 Å². The van der Waals surface area contributed by atoms with E-state index in [-0.39, 0.29) is 12.1 Å². The van der Waals surface area contributed by atoms with Gasteiger partial charge in [-0.05, 0) is 24.3 Å². The SMILES string of the molecule is CC(C)[C@@H]1CC[C@H]2C(O)OC[C@H](c3ccccc3)N12. The first-order chi connectivity index (χ1) is 9.18. The monoisotopic (exact) mass is 261 g/mol. The molecule has 1 aromatic rings. The lowest BCUT2D eigenvalue weighted by Crippen LogP contribution is -2.53. The first kappa shape index (κ1) is 13.1. The van der Waals surface area contributed by atoms with Crippen molar-refractivity contribution in [1.29, 1.82) is 0 Å². The van der Waals surface area contributed by atoms with Crippen molar-refractivity contribution in [3.63, 3.8) is 0 Å². The smallest absolute Gasteiger partial charge is 0.170 e. The zero-order chi connectivity index (χ0) is 13.4. The highest BCUT2D eigenvalue weighted by Gasteiger charge is 2.46. The normalized spacial score (nSPS) is 35.6. The first-order valence-corrected chi connectivity index (χ1v) is 7.30. The van der Waals surface area contributed by atoms with Gasteiger partial charge in [-0.1, -0.05) is 44.2 Å². The number of rotatable bonds is 2. The van der Waals surface area contributed by atoms with E-state index in [0.29, 0.717) is 18.6 Å². The molecule has 3 rings (SSSR count). The predicted octanol–water partition coefficient (Wildman–Crippen LogP) is 2.57. The van der Waals surface area contributed by atoms with Gasteiger partial charge >= 0.3 is 0 Å². The topological polar surface area (TPSA) is 32.7 Å². The van der Waals surface area contributed by atoms with Crippen LogP contribution in [0.2, 0.25) is 0 Å². The lowest BCUT2D eigenvalue weighted by Gasteiger charge is -2.44. The van der Waals surface area contributed by atoms with Crippen LogP contribution in [-0.2, 0) is 4.74 Å². The maximum absolute atomic E-state index is 10.1. The van der Waals surface area contributed by atoms with E-state index in [1.54, 1.807) is 0 Å². The molecular weight excluding hydrogens is 238 g/mol. The van der Waals surface area contributed by atoms with Crippen molar-refractivity contribution in [3.8, 4) is 0 Å². The van der Waals surface area contributed by atoms with Crippen LogP contribution in [0, 0.1) is 5.92 Å². The van der Waals surface area contributed by atoms with Crippen LogP contribution in [0.15, 0.2) is 30.3 Å². The fourth-order valence-electron chi connectivity index (χ4n) is 3.65. The number of hydrogen-bond acceptors (Lipinski definition) is 3. The van der Waals surface area contributed by atoms with Crippen LogP contribution in [0.1, 0.15) is 38.3 Å². The zero-order valence-electron chi connectivity index (χ0n) is 11.7. The Morgan fingerprint density at radius 1 is 1.21 bits per heavy atom. The van der Waals surface area contributed by atoms with Gasteiger partial charge in [0.25, 0.3) is 0 Å². The Kier molecular flexibility index (Phi) is 3.61. The number of aliphatic hydroxyl groups is 1. The molecule has 0 bridgehead atoms. The van der Waals surface area contributed by atoms with Crippen molar-refractivity contribution in [2.45, 2.75) is 51.1 Å². The van der Waals surface area contributed by atoms with Crippen LogP contribution in [0.3, 0.4) is 0 Å². The van der Waals surface area contributed by atoms with E-state index in [1.807, 2.05) is 6.07 Å². The summed E-state index contributed by atoms with van der Waals surface area (Å²) in [5.41, 5.74) is 1.30. The second-order valence-electron chi connectivity index (χ2n) is 6.05. The van der Waals surface area contributed by atoms with E-state index in [2.05, 4.69) is 43.0 Å². The average molecular weight is 261 g/mol. The molecule has 2 saturated heterocycles. The van der Waals surface area contributed by atoms with Gasteiger partial charge in [0.2, 0.25) is 0 Å². The van der Waals surface area contributed by atoms with Crippen molar-refractivity contribution in [2.24, 2.45) is 5.92 Å². The molecule has 1 unspecified atom stereocenters. The number of fused-ring (bicyclic) bond motifs is 1. The molecule has 104 valence electrons. The number of hydrogen-bond donors (Lipinski definition) is 1. The van der Waals surface area contributed by atoms with Gasteiger partial charge in [0.15, 0.2) is 6.29 Å². The Bertz CT molecular complexity index is 414. The van der Waals surface area contributed by atoms with Gasteiger partial charge in [0.1, 0.15) is 0 Å². The number of nitrogens with zero attached hydrogens (tertiary/aromatic N) is 1. The second kappa shape index (κ2) is 5.23. The fourth-order valence-corrected chi connectivity index (χ4v) is 3.65. The molecule has 2 aliphatic heterocycles. The van der Waals surface area contributed by atoms with E-state index < -0.39 is 6.29 Å². The minimum Gasteiger partial charge on any atom is -0.367 e. The van der Waals surface area contributed by atoms with Gasteiger partial charge in [-0.2, -0.15) is 0 Å². The molecule has 0 spiro atoms. The van der Waals surface area contributed by atoms with E-state index in [1.165, 1.54) is 5.56 Å². The van der Waals surface area contributed by atoms with Gasteiger partial charge < -0.3 is 9.84 Å². The highest BCUT2D eigenvalue weighted by molar-refractivity contribution is 5.21. The molecule has 0 aliphatic carbocycles. The van der Waals surface area contributed by atoms with Crippen molar-refractivity contribution >= 4 is 0 Å². The number of benzene rings is 1. The molecule has 19 heavy (non-hydrogen) atoms. The fraction of sp³-hybridized carbons (Fsp3) is 0.625. The molecule has 2 fully saturated rings. The van der Waals surface area contributed by atoms with Crippen LogP contribution < -0.4 is 0 Å². The Balaban J connectivity index is 1.91. The predicted molar refractivity (Wildman–Crippen MR) is 74.6 cm³/mol. The van der Waals surface area contributed by atoms with Crippen molar-refractivity contribution < 1.29 is 9.84 Å². The standard InChI is InChI=1S/C16H23NO2/c1-11(2)13-8-9-14-16(18)19-10-15(17(13)14)12-6-4-3-5-7-12/h3-7,11,13-16,18H,8-10H2,1-2H3/t13-,14-,15+,16?/m0/s1. The van der Waals surface area contributed by atoms with Gasteiger partial charge in [-0.25, -0.2) is 0 Å². The van der Waals surface area contributed by atoms with Gasteiger partial charge in [-0.15, -0.1) is 0 Å². The summed E-state index contributed by atoms with van der Waals surface area (Å²) in [6.45, 7) is 5.14. The highest BCUT2D eigenvalue weighted by atomic mass is 16.6. The lowest BCUT2D eigenvalue weighted by atomic mass is 9.98. The Morgan fingerprint density at radius 3 is 2.63 bits per heavy atom. The zero-order valence-corrected chi connectivity index (χ0v) is 11.7. The molecule has 4 atom stereocenters. The summed E-state index contributed by atoms with van der Waals surface area (Å²) in [6, 6.07) is 11.5. The van der Waals surface area contributed by atoms with E-state index in [4.69, 9.17) is 4.74 Å². The molecule has 3 heteroatoms. The number of aliphatic hydroxyl groups excluding tert-OH is 1. The summed E-state index contributed by atoms with van der Waals surface area (Å²) < 4.78 is 5.60. The quantitative estimate of drug-likeness (QED) is 0.888. The Hall–Kier alpha value is -0.900. The van der Waals surface area contributed by atoms with Gasteiger partial charge in [0, 0.05) is 6.04 Å². The molecule has 1 aromatic carbocycles. The molecule has 3 nitrogen and oxygen atoms in total. The maximum Gasteiger partial charge on any atom is 0.170 e. The van der Waals surface area contributed by atoms with Crippen molar-refractivity contribution in [3.05, 3.63) is 35.9 Å². The molecule has 2 aliphatic rings. The first-order valence-electron chi connectivity index (χ1n) is 7.30. The summed E-state index contributed by atoms with van der Waals surface area (Å²) in [4.78, 5) is 2.51. The third-order valence-corrected chi connectivity index (χ3v) is 4.59. The van der Waals surface area contributed by atoms with Crippen LogP contribution in [0.4, 0.5) is 0 Å². The van der Waals surface area contributed by atoms with Crippen LogP contribution in [0.25, 0.3) is 0 Å². The van der Waals surface area contributed by atoms with Gasteiger partial charge in [-0.3, -0.25) is 4.90 Å². The van der Waals surface area contributed by atoms with Crippen LogP contribution in [-0.4, -0.2) is 35.0 Å². The molecular formula is C16H23NO2. The Labute approximate surface area is 115 Å². The Morgan fingerprint density at radius 2 is 1.95 bits per heavy atom. The summed E-state index contributed by atoms with van der Waals surface area (Å²) in [6.07, 6.45) is 1.57. The molecule has 1 N–H and O–H groups in total. The summed E-state index contributed by atoms with van der Waals surface area (Å²) in [5.74, 6) is 0.613. The van der Waals surface area contributed by atoms with Crippen molar-refractivity contribution in [2.75, 3.05) is 6.61 Å². The van der Waals surface area contributed by atoms with Crippen LogP contribution in [0.5, 0.6) is 0 Å². The molecule has 2 heterocycles. The lowest BCUT2D eigenvalue weighted by molar-refractivity contribution is -0.198. The van der Waals surface area contributed by atoms with E-state index in [9.17, 15) is 5.11 Å². The third kappa shape index (κ3) is 2.31. The average Bonchev–Trinajstić information content (AvgIpc) is 2.86. The molecule has 0 aromatic heterocycles. The second-order valence-corrected chi connectivity index (χ2v) is 6.05. The minimum atomic E-state index is -0.622. The van der Waals surface area contributed by atoms with E-state index >= 15 is 0 Å². The van der Waals surface area contributed by atoms with Crippen molar-refractivity contribution in [1.82, 2.24) is 4.90 Å². The summed E-state index contributed by atoms with van der Waals surface area (Å²) in [5, 5.41) is 10.1. The highest BCUT2D eigenvalue weighted by Crippen LogP contribution is 2.41. The largest absolute Gasteiger partial charge is 0.367 e. The third-order valence-electron chi connectivity index (χ3n) is 4.59. The minimum absolute atomic E-state index is 0.159. The number of morpholine rings is 1. The summed E-state index contributed by atoms with van der Waals surface area (Å²) in [7, 11) is 0. The number of ether oxygens (including phenoxy) is 1. The van der Waals surface area contributed by atoms with Crippen LogP contribution >= 0.6 is 0 Å². The van der Waals surface area contributed by atoms with Gasteiger partial charge in [0.05, 0.1) is 18.7 Å². The molecule has 0 amide bonds. The molecule has 0 radical (unpaired) electrons.